The van der Waals surface area contributed by atoms with Gasteiger partial charge in [-0.15, -0.1) is 0 Å². The van der Waals surface area contributed by atoms with E-state index in [1.807, 2.05) is 0 Å². The second-order valence-corrected chi connectivity index (χ2v) is 5.40. The van der Waals surface area contributed by atoms with Crippen LogP contribution in [0.3, 0.4) is 0 Å². The minimum Gasteiger partial charge on any atom is -0.321 e. The molecule has 2 amide bonds. The molecule has 0 aliphatic rings. The molecule has 0 saturated heterocycles. The number of amides is 2. The number of carbonyl (C=O) groups is 1. The Balaban J connectivity index is 1.77. The highest BCUT2D eigenvalue weighted by atomic mass is 35.5. The lowest BCUT2D eigenvalue weighted by Crippen LogP contribution is -2.13. The zero-order valence-corrected chi connectivity index (χ0v) is 13.2. The molecule has 1 N–H and O–H groups in total. The van der Waals surface area contributed by atoms with E-state index < -0.39 is 6.03 Å². The third-order valence-electron chi connectivity index (χ3n) is 3.27. The minimum atomic E-state index is -0.499. The first-order chi connectivity index (χ1) is 11.6. The van der Waals surface area contributed by atoms with E-state index in [9.17, 15) is 9.18 Å². The van der Waals surface area contributed by atoms with Gasteiger partial charge in [-0.1, -0.05) is 23.7 Å². The fourth-order valence-electron chi connectivity index (χ4n) is 2.12. The van der Waals surface area contributed by atoms with E-state index in [1.54, 1.807) is 71.6 Å². The molecule has 0 fully saturated rings. The number of para-hydroxylation sites is 1. The van der Waals surface area contributed by atoms with Crippen molar-refractivity contribution >= 4 is 23.3 Å². The van der Waals surface area contributed by atoms with Crippen LogP contribution in [-0.2, 0) is 0 Å². The number of aromatic nitrogens is 1. The Morgan fingerprint density at radius 2 is 1.67 bits per heavy atom. The maximum absolute atomic E-state index is 13.7. The zero-order chi connectivity index (χ0) is 16.9. The molecule has 0 aliphatic carbocycles. The van der Waals surface area contributed by atoms with Crippen LogP contribution in [0.1, 0.15) is 0 Å². The maximum atomic E-state index is 13.7. The average molecular weight is 342 g/mol. The summed E-state index contributed by atoms with van der Waals surface area (Å²) in [6.07, 6.45) is 3.29. The lowest BCUT2D eigenvalue weighted by molar-refractivity contribution is 0.259. The van der Waals surface area contributed by atoms with E-state index in [4.69, 9.17) is 11.6 Å². The summed E-state index contributed by atoms with van der Waals surface area (Å²) in [7, 11) is 0. The van der Waals surface area contributed by atoms with Crippen LogP contribution in [0.5, 0.6) is 0 Å². The third kappa shape index (κ3) is 3.88. The Bertz CT molecular complexity index is 915. The summed E-state index contributed by atoms with van der Waals surface area (Å²) >= 11 is 5.79. The van der Waals surface area contributed by atoms with E-state index >= 15 is 0 Å². The van der Waals surface area contributed by atoms with E-state index in [0.29, 0.717) is 21.8 Å². The van der Waals surface area contributed by atoms with Crippen molar-refractivity contribution in [3.63, 3.8) is 0 Å². The van der Waals surface area contributed by atoms with Crippen LogP contribution in [0.15, 0.2) is 78.0 Å². The minimum absolute atomic E-state index is 0.326. The van der Waals surface area contributed by atoms with Gasteiger partial charge in [0.1, 0.15) is 5.82 Å². The summed E-state index contributed by atoms with van der Waals surface area (Å²) in [5.74, 6) is -0.326. The number of anilines is 1. The van der Waals surface area contributed by atoms with Gasteiger partial charge in [0.25, 0.3) is 0 Å². The summed E-state index contributed by atoms with van der Waals surface area (Å²) in [5.41, 5.74) is 1.03. The van der Waals surface area contributed by atoms with E-state index in [1.165, 1.54) is 6.07 Å². The Kier molecular flexibility index (Phi) is 4.72. The number of urea groups is 1. The van der Waals surface area contributed by atoms with Crippen LogP contribution in [-0.4, -0.2) is 10.6 Å². The third-order valence-corrected chi connectivity index (χ3v) is 3.52. The maximum Gasteiger partial charge on any atom is 0.345 e. The van der Waals surface area contributed by atoms with Crippen molar-refractivity contribution in [2.75, 3.05) is 5.32 Å². The molecule has 3 aromatic rings. The lowest BCUT2D eigenvalue weighted by Gasteiger charge is -2.06. The van der Waals surface area contributed by atoms with E-state index in [0.717, 1.165) is 0 Å². The molecule has 0 spiro atoms. The number of pyridine rings is 1. The van der Waals surface area contributed by atoms with Crippen molar-refractivity contribution in [2.24, 2.45) is 4.99 Å². The van der Waals surface area contributed by atoms with Gasteiger partial charge in [-0.2, -0.15) is 4.99 Å². The van der Waals surface area contributed by atoms with Crippen molar-refractivity contribution in [1.29, 1.82) is 0 Å². The zero-order valence-electron chi connectivity index (χ0n) is 12.5. The van der Waals surface area contributed by atoms with Crippen molar-refractivity contribution in [1.82, 2.24) is 4.57 Å². The molecule has 3 rings (SSSR count). The summed E-state index contributed by atoms with van der Waals surface area (Å²) in [5, 5.41) is 3.70. The molecule has 0 atom stereocenters. The molecule has 6 heteroatoms. The summed E-state index contributed by atoms with van der Waals surface area (Å²) in [6.45, 7) is 0. The summed E-state index contributed by atoms with van der Waals surface area (Å²) in [6, 6.07) is 15.9. The van der Waals surface area contributed by atoms with Gasteiger partial charge in [-0.05, 0) is 48.5 Å². The van der Waals surface area contributed by atoms with Gasteiger partial charge in [0.15, 0.2) is 0 Å². The van der Waals surface area contributed by atoms with Crippen molar-refractivity contribution in [3.8, 4) is 5.69 Å². The Morgan fingerprint density at radius 1 is 1.00 bits per heavy atom. The molecule has 24 heavy (non-hydrogen) atoms. The van der Waals surface area contributed by atoms with Crippen LogP contribution in [0, 0.1) is 5.82 Å². The molecule has 0 saturated carbocycles. The number of rotatable bonds is 2. The molecule has 1 aromatic heterocycles. The lowest BCUT2D eigenvalue weighted by atomic mass is 10.3. The number of benzene rings is 2. The molecule has 0 radical (unpaired) electrons. The SMILES string of the molecule is O=C(N=c1ccn(-c2ccccc2F)cc1)Nc1ccc(Cl)cc1. The number of hydrogen-bond donors (Lipinski definition) is 1. The molecule has 4 nitrogen and oxygen atoms in total. The van der Waals surface area contributed by atoms with Gasteiger partial charge in [-0.3, -0.25) is 0 Å². The number of halogens is 2. The van der Waals surface area contributed by atoms with E-state index in [-0.39, 0.29) is 5.82 Å². The molecule has 1 heterocycles. The highest BCUT2D eigenvalue weighted by molar-refractivity contribution is 6.30. The molecular formula is C18H13ClFN3O. The predicted molar refractivity (Wildman–Crippen MR) is 91.8 cm³/mol. The van der Waals surface area contributed by atoms with Crippen molar-refractivity contribution in [2.45, 2.75) is 0 Å². The number of nitrogens with zero attached hydrogens (tertiary/aromatic N) is 2. The number of hydrogen-bond acceptors (Lipinski definition) is 1. The molecular weight excluding hydrogens is 329 g/mol. The highest BCUT2D eigenvalue weighted by Crippen LogP contribution is 2.13. The molecule has 2 aromatic carbocycles. The largest absolute Gasteiger partial charge is 0.345 e. The number of nitrogens with one attached hydrogen (secondary N) is 1. The fourth-order valence-corrected chi connectivity index (χ4v) is 2.24. The normalized spacial score (nSPS) is 10.2. The first-order valence-corrected chi connectivity index (χ1v) is 7.54. The van der Waals surface area contributed by atoms with Gasteiger partial charge in [0.05, 0.1) is 11.0 Å². The fraction of sp³-hybridized carbons (Fsp3) is 0. The van der Waals surface area contributed by atoms with Crippen LogP contribution in [0.25, 0.3) is 5.69 Å². The van der Waals surface area contributed by atoms with Crippen LogP contribution in [0.2, 0.25) is 5.02 Å². The van der Waals surface area contributed by atoms with E-state index in [2.05, 4.69) is 10.3 Å². The first-order valence-electron chi connectivity index (χ1n) is 7.16. The van der Waals surface area contributed by atoms with Gasteiger partial charge in [-0.25, -0.2) is 9.18 Å². The topological polar surface area (TPSA) is 46.4 Å². The second kappa shape index (κ2) is 7.10. The van der Waals surface area contributed by atoms with Gasteiger partial charge >= 0.3 is 6.03 Å². The number of carbonyl (C=O) groups excluding carboxylic acids is 1. The first kappa shape index (κ1) is 16.0. The standard InChI is InChI=1S/C18H13ClFN3O/c19-13-5-7-14(8-6-13)21-18(24)22-15-9-11-23(12-10-15)17-4-2-1-3-16(17)20/h1-12H,(H,21,24). The van der Waals surface area contributed by atoms with Crippen LogP contribution < -0.4 is 10.7 Å². The second-order valence-electron chi connectivity index (χ2n) is 4.96. The Hall–Kier alpha value is -2.92. The molecule has 0 unspecified atom stereocenters. The Morgan fingerprint density at radius 3 is 2.33 bits per heavy atom. The average Bonchev–Trinajstić information content (AvgIpc) is 2.58. The molecule has 120 valence electrons. The summed E-state index contributed by atoms with van der Waals surface area (Å²) < 4.78 is 15.4. The van der Waals surface area contributed by atoms with Crippen molar-refractivity contribution < 1.29 is 9.18 Å². The van der Waals surface area contributed by atoms with Crippen LogP contribution in [0.4, 0.5) is 14.9 Å². The monoisotopic (exact) mass is 341 g/mol. The van der Waals surface area contributed by atoms with Crippen LogP contribution >= 0.6 is 11.6 Å². The highest BCUT2D eigenvalue weighted by Gasteiger charge is 2.02. The van der Waals surface area contributed by atoms with Crippen molar-refractivity contribution in [3.05, 3.63) is 89.3 Å². The predicted octanol–water partition coefficient (Wildman–Crippen LogP) is 4.40. The summed E-state index contributed by atoms with van der Waals surface area (Å²) in [4.78, 5) is 15.8. The molecule has 0 bridgehead atoms. The Labute approximate surface area is 142 Å². The molecule has 0 aliphatic heterocycles. The van der Waals surface area contributed by atoms with Gasteiger partial charge in [0.2, 0.25) is 0 Å². The van der Waals surface area contributed by atoms with Gasteiger partial charge in [0, 0.05) is 23.1 Å². The quantitative estimate of drug-likeness (QED) is 0.737. The van der Waals surface area contributed by atoms with Gasteiger partial charge < -0.3 is 9.88 Å². The smallest absolute Gasteiger partial charge is 0.321 e.